The van der Waals surface area contributed by atoms with E-state index in [-0.39, 0.29) is 18.1 Å². The topological polar surface area (TPSA) is 61.9 Å². The first kappa shape index (κ1) is 19.8. The third kappa shape index (κ3) is 3.84. The molecule has 0 N–H and O–H groups in total. The van der Waals surface area contributed by atoms with Gasteiger partial charge in [0.15, 0.2) is 0 Å². The van der Waals surface area contributed by atoms with Crippen LogP contribution in [0.2, 0.25) is 5.02 Å². The Balaban J connectivity index is 1.65. The van der Waals surface area contributed by atoms with Gasteiger partial charge >= 0.3 is 5.69 Å². The molecule has 0 spiro atoms. The number of nitrogens with zero attached hydrogens (tertiary/aromatic N) is 4. The van der Waals surface area contributed by atoms with Gasteiger partial charge in [-0.25, -0.2) is 9.18 Å². The van der Waals surface area contributed by atoms with Crippen molar-refractivity contribution in [1.82, 2.24) is 19.8 Å². The molecule has 0 radical (unpaired) electrons. The zero-order valence-corrected chi connectivity index (χ0v) is 17.1. The van der Waals surface area contributed by atoms with Gasteiger partial charge in [-0.05, 0) is 64.9 Å². The van der Waals surface area contributed by atoms with E-state index < -0.39 is 0 Å². The van der Waals surface area contributed by atoms with Gasteiger partial charge in [0.05, 0.1) is 5.69 Å². The third-order valence-corrected chi connectivity index (χ3v) is 5.06. The molecule has 8 heteroatoms. The summed E-state index contributed by atoms with van der Waals surface area (Å²) in [6.07, 6.45) is 0. The number of tetrazole rings is 1. The number of ether oxygens (including phenoxy) is 1. The lowest BCUT2D eigenvalue weighted by Crippen LogP contribution is -2.23. The van der Waals surface area contributed by atoms with Crippen molar-refractivity contribution in [3.05, 3.63) is 93.1 Å². The highest BCUT2D eigenvalue weighted by molar-refractivity contribution is 6.30. The largest absolute Gasteiger partial charge is 0.489 e. The summed E-state index contributed by atoms with van der Waals surface area (Å²) in [5.74, 6) is 0.148. The van der Waals surface area contributed by atoms with Crippen molar-refractivity contribution in [1.29, 1.82) is 0 Å². The first-order chi connectivity index (χ1) is 14.4. The number of hydrogen-bond donors (Lipinski definition) is 0. The van der Waals surface area contributed by atoms with Crippen LogP contribution in [0.1, 0.15) is 11.1 Å². The standard InChI is InChI=1S/C22H18ClFN4O2/c1-14-4-3-5-21(28-22(29)27(2)25-26-28)19(14)13-30-17-10-11-20(24)18(12-17)15-6-8-16(23)9-7-15/h3-12H,13H2,1-2H3. The molecular weight excluding hydrogens is 407 g/mol. The van der Waals surface area contributed by atoms with Crippen molar-refractivity contribution in [3.8, 4) is 22.6 Å². The average molecular weight is 425 g/mol. The van der Waals surface area contributed by atoms with E-state index in [0.717, 1.165) is 15.8 Å². The van der Waals surface area contributed by atoms with Gasteiger partial charge in [-0.15, -0.1) is 0 Å². The maximum atomic E-state index is 14.4. The Labute approximate surface area is 177 Å². The summed E-state index contributed by atoms with van der Waals surface area (Å²) >= 11 is 5.93. The fourth-order valence-corrected chi connectivity index (χ4v) is 3.26. The van der Waals surface area contributed by atoms with Gasteiger partial charge in [-0.3, -0.25) is 0 Å². The summed E-state index contributed by atoms with van der Waals surface area (Å²) in [5.41, 5.74) is 3.08. The van der Waals surface area contributed by atoms with E-state index >= 15 is 0 Å². The normalized spacial score (nSPS) is 10.9. The van der Waals surface area contributed by atoms with Crippen molar-refractivity contribution in [2.45, 2.75) is 13.5 Å². The summed E-state index contributed by atoms with van der Waals surface area (Å²) in [6.45, 7) is 2.10. The molecule has 6 nitrogen and oxygen atoms in total. The monoisotopic (exact) mass is 424 g/mol. The van der Waals surface area contributed by atoms with Crippen LogP contribution >= 0.6 is 11.6 Å². The third-order valence-electron chi connectivity index (χ3n) is 4.81. The second-order valence-corrected chi connectivity index (χ2v) is 7.24. The number of aryl methyl sites for hydroxylation is 2. The summed E-state index contributed by atoms with van der Waals surface area (Å²) in [7, 11) is 1.54. The van der Waals surface area contributed by atoms with Gasteiger partial charge in [0, 0.05) is 23.2 Å². The van der Waals surface area contributed by atoms with Gasteiger partial charge in [-0.1, -0.05) is 35.9 Å². The molecule has 0 atom stereocenters. The van der Waals surface area contributed by atoms with E-state index in [1.54, 1.807) is 42.5 Å². The quantitative estimate of drug-likeness (QED) is 0.479. The van der Waals surface area contributed by atoms with Gasteiger partial charge < -0.3 is 4.74 Å². The van der Waals surface area contributed by atoms with Crippen LogP contribution in [-0.2, 0) is 13.7 Å². The van der Waals surface area contributed by atoms with Gasteiger partial charge in [-0.2, -0.15) is 9.36 Å². The lowest BCUT2D eigenvalue weighted by molar-refractivity contribution is 0.304. The SMILES string of the molecule is Cc1cccc(-n2nnn(C)c2=O)c1COc1ccc(F)c(-c2ccc(Cl)cc2)c1. The Hall–Kier alpha value is -3.45. The van der Waals surface area contributed by atoms with Crippen molar-refractivity contribution in [3.63, 3.8) is 0 Å². The highest BCUT2D eigenvalue weighted by Gasteiger charge is 2.14. The van der Waals surface area contributed by atoms with Crippen molar-refractivity contribution >= 4 is 11.6 Å². The molecule has 4 aromatic rings. The van der Waals surface area contributed by atoms with Gasteiger partial charge in [0.2, 0.25) is 0 Å². The minimum Gasteiger partial charge on any atom is -0.489 e. The molecule has 0 aliphatic heterocycles. The number of halogens is 2. The molecule has 0 bridgehead atoms. The van der Waals surface area contributed by atoms with Crippen LogP contribution < -0.4 is 10.4 Å². The molecule has 30 heavy (non-hydrogen) atoms. The van der Waals surface area contributed by atoms with Crippen LogP contribution in [0.4, 0.5) is 4.39 Å². The highest BCUT2D eigenvalue weighted by Crippen LogP contribution is 2.29. The Morgan fingerprint density at radius 1 is 1.07 bits per heavy atom. The predicted octanol–water partition coefficient (Wildman–Crippen LogP) is 4.31. The van der Waals surface area contributed by atoms with Gasteiger partial charge in [0.1, 0.15) is 18.2 Å². The van der Waals surface area contributed by atoms with E-state index in [2.05, 4.69) is 10.4 Å². The molecule has 1 aromatic heterocycles. The Kier molecular flexibility index (Phi) is 5.37. The predicted molar refractivity (Wildman–Crippen MR) is 113 cm³/mol. The Morgan fingerprint density at radius 3 is 2.53 bits per heavy atom. The molecule has 4 rings (SSSR count). The number of benzene rings is 3. The molecule has 1 heterocycles. The van der Waals surface area contributed by atoms with Gasteiger partial charge in [0.25, 0.3) is 0 Å². The minimum atomic E-state index is -0.354. The Bertz CT molecular complexity index is 1270. The van der Waals surface area contributed by atoms with E-state index in [9.17, 15) is 9.18 Å². The van der Waals surface area contributed by atoms with E-state index in [0.29, 0.717) is 27.6 Å². The minimum absolute atomic E-state index is 0.177. The lowest BCUT2D eigenvalue weighted by Gasteiger charge is -2.14. The fraction of sp³-hybridized carbons (Fsp3) is 0.136. The smallest absolute Gasteiger partial charge is 0.368 e. The van der Waals surface area contributed by atoms with E-state index in [4.69, 9.17) is 16.3 Å². The first-order valence-electron chi connectivity index (χ1n) is 9.20. The van der Waals surface area contributed by atoms with Crippen molar-refractivity contribution in [2.24, 2.45) is 7.05 Å². The second-order valence-electron chi connectivity index (χ2n) is 6.81. The molecule has 3 aromatic carbocycles. The van der Waals surface area contributed by atoms with Crippen LogP contribution in [0.25, 0.3) is 16.8 Å². The summed E-state index contributed by atoms with van der Waals surface area (Å²) in [5, 5.41) is 8.27. The average Bonchev–Trinajstić information content (AvgIpc) is 3.07. The van der Waals surface area contributed by atoms with Crippen LogP contribution in [0.15, 0.2) is 65.5 Å². The number of rotatable bonds is 5. The number of aromatic nitrogens is 4. The molecule has 0 fully saturated rings. The summed E-state index contributed by atoms with van der Waals surface area (Å²) in [6, 6.07) is 17.1. The van der Waals surface area contributed by atoms with Crippen LogP contribution in [0, 0.1) is 12.7 Å². The van der Waals surface area contributed by atoms with Crippen LogP contribution in [-0.4, -0.2) is 19.8 Å². The zero-order chi connectivity index (χ0) is 21.3. The maximum Gasteiger partial charge on any atom is 0.368 e. The fourth-order valence-electron chi connectivity index (χ4n) is 3.14. The molecule has 0 aliphatic carbocycles. The van der Waals surface area contributed by atoms with E-state index in [1.807, 2.05) is 19.1 Å². The van der Waals surface area contributed by atoms with Crippen molar-refractivity contribution < 1.29 is 9.13 Å². The summed E-state index contributed by atoms with van der Waals surface area (Å²) in [4.78, 5) is 12.3. The molecule has 0 unspecified atom stereocenters. The first-order valence-corrected chi connectivity index (χ1v) is 9.58. The molecular formula is C22H18ClFN4O2. The van der Waals surface area contributed by atoms with Crippen LogP contribution in [0.3, 0.4) is 0 Å². The number of hydrogen-bond acceptors (Lipinski definition) is 4. The molecule has 152 valence electrons. The molecule has 0 aliphatic rings. The van der Waals surface area contributed by atoms with Crippen molar-refractivity contribution in [2.75, 3.05) is 0 Å². The highest BCUT2D eigenvalue weighted by atomic mass is 35.5. The molecule has 0 saturated carbocycles. The Morgan fingerprint density at radius 2 is 1.83 bits per heavy atom. The summed E-state index contributed by atoms with van der Waals surface area (Å²) < 4.78 is 22.7. The molecule has 0 amide bonds. The second kappa shape index (κ2) is 8.12. The lowest BCUT2D eigenvalue weighted by atomic mass is 10.0. The molecule has 0 saturated heterocycles. The van der Waals surface area contributed by atoms with E-state index in [1.165, 1.54) is 17.8 Å². The zero-order valence-electron chi connectivity index (χ0n) is 16.3. The maximum absolute atomic E-state index is 14.4. The van der Waals surface area contributed by atoms with Crippen LogP contribution in [0.5, 0.6) is 5.75 Å².